The van der Waals surface area contributed by atoms with Crippen molar-refractivity contribution < 1.29 is 0 Å². The molecule has 10 aromatic rings. The first-order valence-electron chi connectivity index (χ1n) is 18.3. The third-order valence-corrected chi connectivity index (χ3v) is 11.0. The molecule has 0 spiro atoms. The number of aromatic nitrogens is 3. The minimum atomic E-state index is 0.124. The smallest absolute Gasteiger partial charge is 0.242 e. The summed E-state index contributed by atoms with van der Waals surface area (Å²) in [5.41, 5.74) is 17.8. The van der Waals surface area contributed by atoms with Crippen LogP contribution in [0.1, 0.15) is 0 Å². The van der Waals surface area contributed by atoms with Crippen molar-refractivity contribution in [3.8, 4) is 50.5 Å². The van der Waals surface area contributed by atoms with Crippen molar-refractivity contribution in [2.45, 2.75) is 0 Å². The van der Waals surface area contributed by atoms with Crippen LogP contribution in [-0.2, 0) is 0 Å². The second kappa shape index (κ2) is 11.8. The van der Waals surface area contributed by atoms with Gasteiger partial charge in [0.15, 0.2) is 0 Å². The molecule has 3 aromatic heterocycles. The van der Waals surface area contributed by atoms with Crippen LogP contribution in [0.3, 0.4) is 0 Å². The van der Waals surface area contributed by atoms with Gasteiger partial charge in [-0.1, -0.05) is 156 Å². The third-order valence-electron chi connectivity index (χ3n) is 11.0. The van der Waals surface area contributed by atoms with Crippen molar-refractivity contribution in [3.63, 3.8) is 0 Å². The molecule has 53 heavy (non-hydrogen) atoms. The molecule has 1 aliphatic rings. The van der Waals surface area contributed by atoms with E-state index >= 15 is 0 Å². The van der Waals surface area contributed by atoms with E-state index in [1.165, 1.54) is 66.1 Å². The summed E-state index contributed by atoms with van der Waals surface area (Å²) in [6.07, 6.45) is 2.13. The molecule has 0 aliphatic carbocycles. The summed E-state index contributed by atoms with van der Waals surface area (Å²) in [4.78, 5) is 5.34. The molecule has 0 saturated carbocycles. The highest BCUT2D eigenvalue weighted by molar-refractivity contribution is 6.99. The maximum Gasteiger partial charge on any atom is 0.242 e. The van der Waals surface area contributed by atoms with Gasteiger partial charge >= 0.3 is 0 Å². The molecule has 11 rings (SSSR count). The van der Waals surface area contributed by atoms with Crippen LogP contribution >= 0.6 is 0 Å². The summed E-state index contributed by atoms with van der Waals surface area (Å²) >= 11 is 0. The highest BCUT2D eigenvalue weighted by atomic mass is 15.0. The van der Waals surface area contributed by atoms with Gasteiger partial charge in [-0.25, -0.2) is 4.98 Å². The summed E-state index contributed by atoms with van der Waals surface area (Å²) in [5, 5.41) is 2.51. The fourth-order valence-corrected chi connectivity index (χ4v) is 8.75. The van der Waals surface area contributed by atoms with Crippen molar-refractivity contribution in [2.24, 2.45) is 0 Å². The lowest BCUT2D eigenvalue weighted by Crippen LogP contribution is -2.48. The van der Waals surface area contributed by atoms with Gasteiger partial charge in [-0.15, -0.1) is 0 Å². The van der Waals surface area contributed by atoms with E-state index in [0.29, 0.717) is 0 Å². The molecule has 3 nitrogen and oxygen atoms in total. The normalized spacial score (nSPS) is 12.1. The molecule has 4 heteroatoms. The largest absolute Gasteiger partial charge is 0.309 e. The molecule has 0 radical (unpaired) electrons. The molecule has 0 amide bonds. The summed E-state index contributed by atoms with van der Waals surface area (Å²) < 4.78 is 4.61. The van der Waals surface area contributed by atoms with E-state index in [2.05, 4.69) is 203 Å². The van der Waals surface area contributed by atoms with Gasteiger partial charge in [0.05, 0.1) is 22.4 Å². The van der Waals surface area contributed by atoms with Crippen LogP contribution in [0.4, 0.5) is 0 Å². The van der Waals surface area contributed by atoms with Crippen LogP contribution in [0.15, 0.2) is 194 Å². The summed E-state index contributed by atoms with van der Waals surface area (Å²) in [7, 11) is 0. The number of fused-ring (bicyclic) bond motifs is 7. The Hall–Kier alpha value is -6.91. The van der Waals surface area contributed by atoms with Crippen LogP contribution < -0.4 is 16.4 Å². The van der Waals surface area contributed by atoms with E-state index in [0.717, 1.165) is 28.2 Å². The van der Waals surface area contributed by atoms with Crippen molar-refractivity contribution in [2.75, 3.05) is 0 Å². The van der Waals surface area contributed by atoms with E-state index < -0.39 is 0 Å². The quantitative estimate of drug-likeness (QED) is 0.167. The molecule has 0 bridgehead atoms. The molecule has 246 valence electrons. The SMILES string of the molecule is c1ccc(B2c3ccc(-c4ccc5c(c4)c4ccccc4n5-c4ccccc4)cc3-c3c2cccc3-c2nc3ccccn3c2-c2ccccc2)cc1. The Morgan fingerprint density at radius 2 is 1.15 bits per heavy atom. The van der Waals surface area contributed by atoms with Gasteiger partial charge in [0.1, 0.15) is 5.65 Å². The number of pyridine rings is 1. The number of hydrogen-bond donors (Lipinski definition) is 0. The maximum atomic E-state index is 5.34. The Bertz CT molecular complexity index is 3000. The highest BCUT2D eigenvalue weighted by Gasteiger charge is 2.36. The number of rotatable bonds is 5. The Labute approximate surface area is 308 Å². The highest BCUT2D eigenvalue weighted by Crippen LogP contribution is 2.41. The zero-order chi connectivity index (χ0) is 34.9. The average Bonchev–Trinajstić information content (AvgIpc) is 3.89. The first kappa shape index (κ1) is 29.8. The van der Waals surface area contributed by atoms with Crippen molar-refractivity contribution in [1.29, 1.82) is 0 Å². The van der Waals surface area contributed by atoms with Gasteiger partial charge in [0.25, 0.3) is 0 Å². The monoisotopic (exact) mass is 673 g/mol. The molecule has 0 N–H and O–H groups in total. The first-order chi connectivity index (χ1) is 26.3. The molecule has 4 heterocycles. The van der Waals surface area contributed by atoms with Crippen LogP contribution in [0.2, 0.25) is 0 Å². The van der Waals surface area contributed by atoms with Gasteiger partial charge in [0.2, 0.25) is 6.71 Å². The summed E-state index contributed by atoms with van der Waals surface area (Å²) in [6.45, 7) is 0.124. The molecular formula is C49H32BN3. The Balaban J connectivity index is 1.15. The zero-order valence-corrected chi connectivity index (χ0v) is 28.9. The molecule has 1 aliphatic heterocycles. The topological polar surface area (TPSA) is 22.2 Å². The molecule has 0 saturated heterocycles. The van der Waals surface area contributed by atoms with E-state index in [1.54, 1.807) is 0 Å². The minimum Gasteiger partial charge on any atom is -0.309 e. The first-order valence-corrected chi connectivity index (χ1v) is 18.3. The van der Waals surface area contributed by atoms with Crippen molar-refractivity contribution >= 4 is 50.6 Å². The third kappa shape index (κ3) is 4.59. The van der Waals surface area contributed by atoms with Crippen LogP contribution in [0.25, 0.3) is 77.9 Å². The summed E-state index contributed by atoms with van der Waals surface area (Å²) in [6, 6.07) is 68.1. The predicted molar refractivity (Wildman–Crippen MR) is 222 cm³/mol. The molecule has 7 aromatic carbocycles. The second-order valence-corrected chi connectivity index (χ2v) is 13.9. The fourth-order valence-electron chi connectivity index (χ4n) is 8.75. The number of benzene rings is 7. The lowest BCUT2D eigenvalue weighted by Gasteiger charge is -2.13. The maximum absolute atomic E-state index is 5.34. The number of hydrogen-bond acceptors (Lipinski definition) is 1. The van der Waals surface area contributed by atoms with Gasteiger partial charge in [-0.2, -0.15) is 0 Å². The minimum absolute atomic E-state index is 0.124. The molecule has 0 atom stereocenters. The van der Waals surface area contributed by atoms with E-state index in [9.17, 15) is 0 Å². The van der Waals surface area contributed by atoms with Gasteiger partial charge < -0.3 is 4.57 Å². The number of nitrogens with zero attached hydrogens (tertiary/aromatic N) is 3. The molecule has 0 fully saturated rings. The van der Waals surface area contributed by atoms with Gasteiger partial charge in [0, 0.05) is 33.8 Å². The van der Waals surface area contributed by atoms with Crippen molar-refractivity contribution in [1.82, 2.24) is 14.0 Å². The standard InChI is InChI=1S/C49H32BN3/c1-4-15-33(16-5-1)49-48(51-46-25-12-13-30-52(46)49)39-22-14-23-43-47(39)41-32-34(26-28-42(41)50(43)36-17-6-2-7-18-36)35-27-29-45-40(31-35)38-21-10-11-24-44(38)53(45)37-19-8-3-9-20-37/h1-32H. The van der Waals surface area contributed by atoms with E-state index in [4.69, 9.17) is 4.98 Å². The predicted octanol–water partition coefficient (Wildman–Crippen LogP) is 9.93. The Kier molecular flexibility index (Phi) is 6.65. The Morgan fingerprint density at radius 3 is 2.00 bits per heavy atom. The lowest BCUT2D eigenvalue weighted by atomic mass is 9.39. The van der Waals surface area contributed by atoms with Gasteiger partial charge in [-0.3, -0.25) is 4.40 Å². The Morgan fingerprint density at radius 1 is 0.453 bits per heavy atom. The molecule has 0 unspecified atom stereocenters. The van der Waals surface area contributed by atoms with Crippen LogP contribution in [0.5, 0.6) is 0 Å². The lowest BCUT2D eigenvalue weighted by molar-refractivity contribution is 1.18. The van der Waals surface area contributed by atoms with E-state index in [1.807, 2.05) is 0 Å². The van der Waals surface area contributed by atoms with Crippen LogP contribution in [0, 0.1) is 0 Å². The average molecular weight is 674 g/mol. The second-order valence-electron chi connectivity index (χ2n) is 13.9. The fraction of sp³-hybridized carbons (Fsp3) is 0. The van der Waals surface area contributed by atoms with Crippen LogP contribution in [-0.4, -0.2) is 20.7 Å². The zero-order valence-electron chi connectivity index (χ0n) is 28.9. The molecular weight excluding hydrogens is 641 g/mol. The number of para-hydroxylation sites is 2. The van der Waals surface area contributed by atoms with Crippen molar-refractivity contribution in [3.05, 3.63) is 194 Å². The number of imidazole rings is 1. The van der Waals surface area contributed by atoms with E-state index in [-0.39, 0.29) is 6.71 Å². The van der Waals surface area contributed by atoms with Gasteiger partial charge in [-0.05, 0) is 70.8 Å². The summed E-state index contributed by atoms with van der Waals surface area (Å²) in [5.74, 6) is 0.